The summed E-state index contributed by atoms with van der Waals surface area (Å²) in [6.45, 7) is 4.21. The van der Waals surface area contributed by atoms with Crippen molar-refractivity contribution in [1.82, 2.24) is 9.78 Å². The molecule has 1 aromatic carbocycles. The summed E-state index contributed by atoms with van der Waals surface area (Å²) >= 11 is 3.65. The Morgan fingerprint density at radius 3 is 2.45 bits per heavy atom. The van der Waals surface area contributed by atoms with Crippen LogP contribution in [-0.4, -0.2) is 15.8 Å². The first-order valence-electron chi connectivity index (χ1n) is 7.02. The van der Waals surface area contributed by atoms with Crippen LogP contribution in [0.4, 0.5) is 0 Å². The Morgan fingerprint density at radius 2 is 1.90 bits per heavy atom. The maximum absolute atomic E-state index is 6.30. The molecule has 4 heteroatoms. The highest BCUT2D eigenvalue weighted by atomic mass is 79.9. The monoisotopic (exact) mass is 335 g/mol. The minimum Gasteiger partial charge on any atom is -0.327 e. The normalized spacial score (nSPS) is 12.7. The molecule has 0 bridgehead atoms. The van der Waals surface area contributed by atoms with Crippen molar-refractivity contribution in [1.29, 1.82) is 0 Å². The minimum absolute atomic E-state index is 0.106. The van der Waals surface area contributed by atoms with Gasteiger partial charge in [0.05, 0.1) is 15.9 Å². The second-order valence-corrected chi connectivity index (χ2v) is 6.13. The first kappa shape index (κ1) is 15.3. The van der Waals surface area contributed by atoms with Crippen molar-refractivity contribution in [3.8, 4) is 0 Å². The molecule has 0 aliphatic rings. The third-order valence-corrected chi connectivity index (χ3v) is 4.49. The quantitative estimate of drug-likeness (QED) is 0.911. The molecule has 0 saturated carbocycles. The zero-order chi connectivity index (χ0) is 14.7. The molecule has 1 heterocycles. The van der Waals surface area contributed by atoms with Gasteiger partial charge in [-0.05, 0) is 41.3 Å². The van der Waals surface area contributed by atoms with Crippen LogP contribution >= 0.6 is 15.9 Å². The number of hydrogen-bond acceptors (Lipinski definition) is 2. The van der Waals surface area contributed by atoms with Gasteiger partial charge in [-0.25, -0.2) is 0 Å². The summed E-state index contributed by atoms with van der Waals surface area (Å²) in [5.74, 6) is 0. The van der Waals surface area contributed by atoms with Crippen LogP contribution in [0, 0.1) is 6.92 Å². The third-order valence-electron chi connectivity index (χ3n) is 3.58. The second kappa shape index (κ2) is 6.55. The Hall–Kier alpha value is -1.13. The van der Waals surface area contributed by atoms with Gasteiger partial charge in [0.25, 0.3) is 0 Å². The molecule has 1 aromatic heterocycles. The van der Waals surface area contributed by atoms with Gasteiger partial charge >= 0.3 is 0 Å². The Morgan fingerprint density at radius 1 is 1.25 bits per heavy atom. The van der Waals surface area contributed by atoms with E-state index in [9.17, 15) is 0 Å². The summed E-state index contributed by atoms with van der Waals surface area (Å²) in [5.41, 5.74) is 11.2. The highest BCUT2D eigenvalue weighted by Gasteiger charge is 2.15. The van der Waals surface area contributed by atoms with Gasteiger partial charge in [0.2, 0.25) is 0 Å². The molecule has 108 valence electrons. The lowest BCUT2D eigenvalue weighted by Crippen LogP contribution is -2.26. The maximum atomic E-state index is 6.30. The molecule has 2 aromatic rings. The molecular weight excluding hydrogens is 314 g/mol. The van der Waals surface area contributed by atoms with E-state index in [0.717, 1.165) is 29.4 Å². The molecule has 2 rings (SSSR count). The van der Waals surface area contributed by atoms with E-state index >= 15 is 0 Å². The molecular formula is C16H22BrN3. The van der Waals surface area contributed by atoms with Crippen molar-refractivity contribution in [3.05, 3.63) is 51.3 Å². The van der Waals surface area contributed by atoms with Crippen LogP contribution in [0.25, 0.3) is 0 Å². The first-order valence-corrected chi connectivity index (χ1v) is 7.82. The maximum Gasteiger partial charge on any atom is 0.0766 e. The van der Waals surface area contributed by atoms with E-state index in [2.05, 4.69) is 59.1 Å². The average molecular weight is 336 g/mol. The van der Waals surface area contributed by atoms with Crippen LogP contribution in [0.3, 0.4) is 0 Å². The van der Waals surface area contributed by atoms with Gasteiger partial charge in [-0.2, -0.15) is 5.10 Å². The SMILES string of the molecule is CCc1nn(C)c(CC(N)Cc2ccc(C)cc2)c1Br. The first-order chi connectivity index (χ1) is 9.51. The van der Waals surface area contributed by atoms with Crippen molar-refractivity contribution in [2.45, 2.75) is 39.2 Å². The molecule has 0 fully saturated rings. The van der Waals surface area contributed by atoms with Crippen LogP contribution in [0.5, 0.6) is 0 Å². The molecule has 0 aliphatic heterocycles. The predicted octanol–water partition coefficient (Wildman–Crippen LogP) is 3.17. The Balaban J connectivity index is 2.06. The van der Waals surface area contributed by atoms with Crippen molar-refractivity contribution in [2.75, 3.05) is 0 Å². The largest absolute Gasteiger partial charge is 0.327 e. The van der Waals surface area contributed by atoms with E-state index in [-0.39, 0.29) is 6.04 Å². The molecule has 1 unspecified atom stereocenters. The highest BCUT2D eigenvalue weighted by molar-refractivity contribution is 9.10. The molecule has 0 spiro atoms. The third kappa shape index (κ3) is 3.49. The Labute approximate surface area is 129 Å². The predicted molar refractivity (Wildman–Crippen MR) is 86.8 cm³/mol. The van der Waals surface area contributed by atoms with E-state index in [0.29, 0.717) is 0 Å². The van der Waals surface area contributed by atoms with Gasteiger partial charge in [-0.3, -0.25) is 4.68 Å². The fourth-order valence-corrected chi connectivity index (χ4v) is 3.17. The van der Waals surface area contributed by atoms with E-state index in [1.807, 2.05) is 11.7 Å². The van der Waals surface area contributed by atoms with Crippen LogP contribution in [0.1, 0.15) is 29.4 Å². The van der Waals surface area contributed by atoms with Crippen molar-refractivity contribution in [2.24, 2.45) is 12.8 Å². The lowest BCUT2D eigenvalue weighted by atomic mass is 10.0. The fraction of sp³-hybridized carbons (Fsp3) is 0.438. The van der Waals surface area contributed by atoms with Crippen molar-refractivity contribution >= 4 is 15.9 Å². The summed E-state index contributed by atoms with van der Waals surface area (Å²) in [5, 5.41) is 4.51. The Bertz CT molecular complexity index is 572. The lowest BCUT2D eigenvalue weighted by molar-refractivity contribution is 0.610. The molecule has 20 heavy (non-hydrogen) atoms. The molecule has 0 amide bonds. The van der Waals surface area contributed by atoms with Crippen LogP contribution in [-0.2, 0) is 26.3 Å². The number of hydrogen-bond donors (Lipinski definition) is 1. The topological polar surface area (TPSA) is 43.8 Å². The summed E-state index contributed by atoms with van der Waals surface area (Å²) in [4.78, 5) is 0. The Kier molecular flexibility index (Phi) is 5.00. The minimum atomic E-state index is 0.106. The van der Waals surface area contributed by atoms with Gasteiger partial charge in [0.1, 0.15) is 0 Å². The number of halogens is 1. The summed E-state index contributed by atoms with van der Waals surface area (Å²) in [7, 11) is 1.98. The summed E-state index contributed by atoms with van der Waals surface area (Å²) in [6, 6.07) is 8.69. The van der Waals surface area contributed by atoms with Gasteiger partial charge in [0, 0.05) is 19.5 Å². The van der Waals surface area contributed by atoms with E-state index < -0.39 is 0 Å². The zero-order valence-electron chi connectivity index (χ0n) is 12.4. The van der Waals surface area contributed by atoms with Gasteiger partial charge in [-0.15, -0.1) is 0 Å². The standard InChI is InChI=1S/C16H22BrN3/c1-4-14-16(17)15(20(3)19-14)10-13(18)9-12-7-5-11(2)6-8-12/h5-8,13H,4,9-10,18H2,1-3H3. The van der Waals surface area contributed by atoms with E-state index in [1.165, 1.54) is 16.8 Å². The van der Waals surface area contributed by atoms with E-state index in [1.54, 1.807) is 0 Å². The molecule has 2 N–H and O–H groups in total. The molecule has 1 atom stereocenters. The number of nitrogens with zero attached hydrogens (tertiary/aromatic N) is 2. The van der Waals surface area contributed by atoms with Gasteiger partial charge < -0.3 is 5.73 Å². The van der Waals surface area contributed by atoms with E-state index in [4.69, 9.17) is 5.73 Å². The summed E-state index contributed by atoms with van der Waals surface area (Å²) in [6.07, 6.45) is 2.65. The van der Waals surface area contributed by atoms with Crippen LogP contribution < -0.4 is 5.73 Å². The molecule has 3 nitrogen and oxygen atoms in total. The fourth-order valence-electron chi connectivity index (χ4n) is 2.39. The number of benzene rings is 1. The molecule has 0 saturated heterocycles. The molecule has 0 aliphatic carbocycles. The number of nitrogens with two attached hydrogens (primary N) is 1. The highest BCUT2D eigenvalue weighted by Crippen LogP contribution is 2.23. The number of rotatable bonds is 5. The van der Waals surface area contributed by atoms with Gasteiger partial charge in [0.15, 0.2) is 0 Å². The lowest BCUT2D eigenvalue weighted by Gasteiger charge is -2.12. The van der Waals surface area contributed by atoms with Crippen LogP contribution in [0.15, 0.2) is 28.7 Å². The zero-order valence-corrected chi connectivity index (χ0v) is 13.9. The molecule has 0 radical (unpaired) electrons. The van der Waals surface area contributed by atoms with Crippen molar-refractivity contribution in [3.63, 3.8) is 0 Å². The number of aromatic nitrogens is 2. The number of aryl methyl sites for hydroxylation is 3. The van der Waals surface area contributed by atoms with Gasteiger partial charge in [-0.1, -0.05) is 36.8 Å². The van der Waals surface area contributed by atoms with Crippen LogP contribution in [0.2, 0.25) is 0 Å². The second-order valence-electron chi connectivity index (χ2n) is 5.34. The smallest absolute Gasteiger partial charge is 0.0766 e. The summed E-state index contributed by atoms with van der Waals surface area (Å²) < 4.78 is 3.06. The van der Waals surface area contributed by atoms with Crippen molar-refractivity contribution < 1.29 is 0 Å². The average Bonchev–Trinajstić information content (AvgIpc) is 2.69.